The van der Waals surface area contributed by atoms with Gasteiger partial charge in [-0.1, -0.05) is 12.1 Å². The molecule has 0 bridgehead atoms. The van der Waals surface area contributed by atoms with Gasteiger partial charge in [-0.25, -0.2) is 0 Å². The summed E-state index contributed by atoms with van der Waals surface area (Å²) in [5, 5.41) is 10.4. The van der Waals surface area contributed by atoms with E-state index in [4.69, 9.17) is 4.42 Å². The second kappa shape index (κ2) is 3.46. The molecule has 1 N–H and O–H groups in total. The Morgan fingerprint density at radius 3 is 3.00 bits per heavy atom. The second-order valence-corrected chi connectivity index (χ2v) is 4.17. The van der Waals surface area contributed by atoms with Gasteiger partial charge in [-0.15, -0.1) is 0 Å². The van der Waals surface area contributed by atoms with E-state index in [2.05, 4.69) is 0 Å². The van der Waals surface area contributed by atoms with Crippen molar-refractivity contribution in [2.45, 2.75) is 25.4 Å². The van der Waals surface area contributed by atoms with Crippen LogP contribution >= 0.6 is 0 Å². The van der Waals surface area contributed by atoms with E-state index in [9.17, 15) is 9.90 Å². The van der Waals surface area contributed by atoms with E-state index in [0.29, 0.717) is 28.7 Å². The summed E-state index contributed by atoms with van der Waals surface area (Å²) in [5.41, 5.74) is 0.995. The van der Waals surface area contributed by atoms with Crippen molar-refractivity contribution in [3.63, 3.8) is 0 Å². The van der Waals surface area contributed by atoms with Crippen LogP contribution in [0.3, 0.4) is 0 Å². The van der Waals surface area contributed by atoms with E-state index in [-0.39, 0.29) is 5.43 Å². The fourth-order valence-electron chi connectivity index (χ4n) is 2.33. The Labute approximate surface area is 92.3 Å². The molecule has 3 rings (SSSR count). The van der Waals surface area contributed by atoms with E-state index in [0.717, 1.165) is 12.8 Å². The SMILES string of the molecule is O=c1c2c(oc3ccccc13)CCCC2O. The van der Waals surface area contributed by atoms with Crippen LogP contribution in [0.2, 0.25) is 0 Å². The van der Waals surface area contributed by atoms with Crippen LogP contribution < -0.4 is 5.43 Å². The van der Waals surface area contributed by atoms with Gasteiger partial charge in [0.05, 0.1) is 17.1 Å². The average Bonchev–Trinajstić information content (AvgIpc) is 2.29. The molecule has 1 aliphatic carbocycles. The summed E-state index contributed by atoms with van der Waals surface area (Å²) in [6.07, 6.45) is 1.60. The molecule has 3 heteroatoms. The zero-order valence-electron chi connectivity index (χ0n) is 8.77. The van der Waals surface area contributed by atoms with Crippen molar-refractivity contribution in [2.75, 3.05) is 0 Å². The summed E-state index contributed by atoms with van der Waals surface area (Å²) in [4.78, 5) is 12.2. The van der Waals surface area contributed by atoms with E-state index >= 15 is 0 Å². The van der Waals surface area contributed by atoms with Gasteiger partial charge >= 0.3 is 0 Å². The number of hydrogen-bond acceptors (Lipinski definition) is 3. The van der Waals surface area contributed by atoms with Gasteiger partial charge in [0.25, 0.3) is 0 Å². The minimum absolute atomic E-state index is 0.0796. The molecule has 0 spiro atoms. The highest BCUT2D eigenvalue weighted by Gasteiger charge is 2.24. The number of benzene rings is 1. The van der Waals surface area contributed by atoms with Crippen LogP contribution in [0.25, 0.3) is 11.0 Å². The fourth-order valence-corrected chi connectivity index (χ4v) is 2.33. The summed E-state index contributed by atoms with van der Waals surface area (Å²) >= 11 is 0. The highest BCUT2D eigenvalue weighted by molar-refractivity contribution is 5.77. The molecule has 1 unspecified atom stereocenters. The van der Waals surface area contributed by atoms with E-state index in [1.807, 2.05) is 6.07 Å². The van der Waals surface area contributed by atoms with Crippen molar-refractivity contribution in [2.24, 2.45) is 0 Å². The Morgan fingerprint density at radius 2 is 2.12 bits per heavy atom. The van der Waals surface area contributed by atoms with Crippen LogP contribution in [0, 0.1) is 0 Å². The number of para-hydroxylation sites is 1. The smallest absolute Gasteiger partial charge is 0.198 e. The Kier molecular flexibility index (Phi) is 2.07. The number of hydrogen-bond donors (Lipinski definition) is 1. The molecule has 0 saturated carbocycles. The Hall–Kier alpha value is -1.61. The van der Waals surface area contributed by atoms with Crippen LogP contribution in [0.4, 0.5) is 0 Å². The molecule has 1 aromatic heterocycles. The fraction of sp³-hybridized carbons (Fsp3) is 0.308. The van der Waals surface area contributed by atoms with Crippen LogP contribution in [-0.4, -0.2) is 5.11 Å². The third kappa shape index (κ3) is 1.28. The van der Waals surface area contributed by atoms with Gasteiger partial charge < -0.3 is 9.52 Å². The van der Waals surface area contributed by atoms with Gasteiger partial charge in [-0.2, -0.15) is 0 Å². The minimum Gasteiger partial charge on any atom is -0.460 e. The summed E-state index contributed by atoms with van der Waals surface area (Å²) in [5.74, 6) is 0.655. The maximum atomic E-state index is 12.2. The molecule has 3 nitrogen and oxygen atoms in total. The van der Waals surface area contributed by atoms with E-state index in [1.54, 1.807) is 18.2 Å². The first-order chi connectivity index (χ1) is 7.77. The lowest BCUT2D eigenvalue weighted by Crippen LogP contribution is -2.20. The van der Waals surface area contributed by atoms with E-state index < -0.39 is 6.10 Å². The normalized spacial score (nSPS) is 19.7. The van der Waals surface area contributed by atoms with Crippen molar-refractivity contribution in [1.82, 2.24) is 0 Å². The molecule has 2 aromatic rings. The number of aryl methyl sites for hydroxylation is 1. The third-order valence-electron chi connectivity index (χ3n) is 3.12. The maximum Gasteiger partial charge on any atom is 0.198 e. The molecule has 1 aromatic carbocycles. The highest BCUT2D eigenvalue weighted by atomic mass is 16.3. The van der Waals surface area contributed by atoms with Gasteiger partial charge in [0.2, 0.25) is 0 Å². The summed E-state index contributed by atoms with van der Waals surface area (Å²) < 4.78 is 5.68. The predicted octanol–water partition coefficient (Wildman–Crippen LogP) is 2.16. The van der Waals surface area contributed by atoms with Crippen molar-refractivity contribution >= 4 is 11.0 Å². The van der Waals surface area contributed by atoms with Crippen molar-refractivity contribution < 1.29 is 9.52 Å². The standard InChI is InChI=1S/C13H12O3/c14-9-5-3-7-11-12(9)13(15)8-4-1-2-6-10(8)16-11/h1-2,4,6,9,14H,3,5,7H2. The molecule has 0 amide bonds. The number of aliphatic hydroxyl groups is 1. The van der Waals surface area contributed by atoms with Gasteiger partial charge in [0.1, 0.15) is 11.3 Å². The molecule has 1 aliphatic rings. The number of fused-ring (bicyclic) bond motifs is 2. The van der Waals surface area contributed by atoms with Gasteiger partial charge in [0.15, 0.2) is 5.43 Å². The summed E-state index contributed by atoms with van der Waals surface area (Å²) in [6, 6.07) is 7.18. The molecule has 0 radical (unpaired) electrons. The van der Waals surface area contributed by atoms with E-state index in [1.165, 1.54) is 0 Å². The zero-order chi connectivity index (χ0) is 11.1. The quantitative estimate of drug-likeness (QED) is 0.734. The lowest BCUT2D eigenvalue weighted by molar-refractivity contribution is 0.149. The molecule has 1 atom stereocenters. The third-order valence-corrected chi connectivity index (χ3v) is 3.12. The van der Waals surface area contributed by atoms with Gasteiger partial charge in [-0.3, -0.25) is 4.79 Å². The largest absolute Gasteiger partial charge is 0.460 e. The molecule has 0 saturated heterocycles. The lowest BCUT2D eigenvalue weighted by Gasteiger charge is -2.19. The molecule has 0 fully saturated rings. The van der Waals surface area contributed by atoms with Gasteiger partial charge in [0, 0.05) is 6.42 Å². The van der Waals surface area contributed by atoms with Crippen LogP contribution in [0.5, 0.6) is 0 Å². The molecule has 0 aliphatic heterocycles. The number of aliphatic hydroxyl groups excluding tert-OH is 1. The minimum atomic E-state index is -0.662. The van der Waals surface area contributed by atoms with Crippen molar-refractivity contribution in [1.29, 1.82) is 0 Å². The van der Waals surface area contributed by atoms with Gasteiger partial charge in [-0.05, 0) is 25.0 Å². The molecular formula is C13H12O3. The van der Waals surface area contributed by atoms with Crippen molar-refractivity contribution in [3.05, 3.63) is 45.8 Å². The van der Waals surface area contributed by atoms with Crippen LogP contribution in [0.15, 0.2) is 33.5 Å². The Bertz CT molecular complexity index is 598. The van der Waals surface area contributed by atoms with Crippen LogP contribution in [0.1, 0.15) is 30.3 Å². The van der Waals surface area contributed by atoms with Crippen molar-refractivity contribution in [3.8, 4) is 0 Å². The zero-order valence-corrected chi connectivity index (χ0v) is 8.77. The molecular weight excluding hydrogens is 204 g/mol. The molecule has 16 heavy (non-hydrogen) atoms. The summed E-state index contributed by atoms with van der Waals surface area (Å²) in [6.45, 7) is 0. The van der Waals surface area contributed by atoms with Crippen LogP contribution in [-0.2, 0) is 6.42 Å². The molecule has 82 valence electrons. The average molecular weight is 216 g/mol. The monoisotopic (exact) mass is 216 g/mol. The second-order valence-electron chi connectivity index (χ2n) is 4.17. The first kappa shape index (κ1) is 9.60. The Balaban J connectivity index is 2.41. The first-order valence-corrected chi connectivity index (χ1v) is 5.50. The topological polar surface area (TPSA) is 50.4 Å². The first-order valence-electron chi connectivity index (χ1n) is 5.50. The number of rotatable bonds is 0. The Morgan fingerprint density at radius 1 is 1.31 bits per heavy atom. The maximum absolute atomic E-state index is 12.2. The molecule has 1 heterocycles. The highest BCUT2D eigenvalue weighted by Crippen LogP contribution is 2.29. The predicted molar refractivity (Wildman–Crippen MR) is 60.4 cm³/mol. The lowest BCUT2D eigenvalue weighted by atomic mass is 9.93. The summed E-state index contributed by atoms with van der Waals surface area (Å²) in [7, 11) is 0.